The summed E-state index contributed by atoms with van der Waals surface area (Å²) in [6.07, 6.45) is 3.56. The molecule has 4 nitrogen and oxygen atoms in total. The van der Waals surface area contributed by atoms with Crippen LogP contribution in [0.15, 0.2) is 24.5 Å². The minimum absolute atomic E-state index is 0.526. The first-order valence-corrected chi connectivity index (χ1v) is 3.40. The van der Waals surface area contributed by atoms with Gasteiger partial charge in [-0.3, -0.25) is 0 Å². The molecule has 4 heteroatoms. The van der Waals surface area contributed by atoms with Gasteiger partial charge in [0.25, 0.3) is 0 Å². The zero-order valence-corrected chi connectivity index (χ0v) is 5.94. The summed E-state index contributed by atoms with van der Waals surface area (Å²) < 4.78 is 1.71. The summed E-state index contributed by atoms with van der Waals surface area (Å²) in [7, 11) is 0. The number of fused-ring (bicyclic) bond motifs is 1. The predicted octanol–water partition coefficient (Wildman–Crippen LogP) is 0.188. The lowest BCUT2D eigenvalue weighted by atomic mass is 10.2. The quantitative estimate of drug-likeness (QED) is 0.628. The highest BCUT2D eigenvalue weighted by Gasteiger charge is 1.98. The van der Waals surface area contributed by atoms with Gasteiger partial charge in [0.2, 0.25) is 0 Å². The number of nitrogens with zero attached hydrogens (tertiary/aromatic N) is 3. The smallest absolute Gasteiger partial charge is 0.0909 e. The van der Waals surface area contributed by atoms with Crippen molar-refractivity contribution in [3.05, 3.63) is 30.1 Å². The van der Waals surface area contributed by atoms with Gasteiger partial charge in [0.15, 0.2) is 0 Å². The molecule has 0 unspecified atom stereocenters. The van der Waals surface area contributed by atoms with Crippen LogP contribution < -0.4 is 5.73 Å². The van der Waals surface area contributed by atoms with E-state index in [9.17, 15) is 0 Å². The minimum atomic E-state index is 0.526. The van der Waals surface area contributed by atoms with Crippen LogP contribution in [-0.4, -0.2) is 14.8 Å². The van der Waals surface area contributed by atoms with E-state index in [0.29, 0.717) is 6.54 Å². The van der Waals surface area contributed by atoms with Crippen molar-refractivity contribution in [2.75, 3.05) is 0 Å². The van der Waals surface area contributed by atoms with E-state index >= 15 is 0 Å². The van der Waals surface area contributed by atoms with Crippen LogP contribution in [0.25, 0.3) is 5.52 Å². The Balaban J connectivity index is 2.79. The fraction of sp³-hybridized carbons (Fsp3) is 0.143. The average Bonchev–Trinajstić information content (AvgIpc) is 2.50. The molecule has 2 aromatic heterocycles. The largest absolute Gasteiger partial charge is 0.326 e. The molecule has 2 rings (SSSR count). The highest BCUT2D eigenvalue weighted by Crippen LogP contribution is 2.06. The van der Waals surface area contributed by atoms with Crippen LogP contribution in [0.4, 0.5) is 0 Å². The molecule has 56 valence electrons. The first-order chi connectivity index (χ1) is 5.42. The maximum Gasteiger partial charge on any atom is 0.0909 e. The van der Waals surface area contributed by atoms with E-state index in [0.717, 1.165) is 11.1 Å². The van der Waals surface area contributed by atoms with Gasteiger partial charge in [-0.25, -0.2) is 4.52 Å². The van der Waals surface area contributed by atoms with E-state index in [1.54, 1.807) is 10.7 Å². The lowest BCUT2D eigenvalue weighted by Crippen LogP contribution is -1.99. The molecule has 0 saturated carbocycles. The molecule has 0 radical (unpaired) electrons. The van der Waals surface area contributed by atoms with Gasteiger partial charge in [-0.15, -0.1) is 5.10 Å². The van der Waals surface area contributed by atoms with Crippen LogP contribution in [0, 0.1) is 0 Å². The number of nitrogens with two attached hydrogens (primary N) is 1. The molecule has 2 heterocycles. The van der Waals surface area contributed by atoms with Gasteiger partial charge >= 0.3 is 0 Å². The molecule has 11 heavy (non-hydrogen) atoms. The number of aromatic nitrogens is 3. The second kappa shape index (κ2) is 2.32. The third kappa shape index (κ3) is 0.877. The Kier molecular flexibility index (Phi) is 1.33. The molecule has 0 saturated heterocycles. The minimum Gasteiger partial charge on any atom is -0.326 e. The Hall–Kier alpha value is -1.42. The molecule has 2 N–H and O–H groups in total. The number of hydrogen-bond acceptors (Lipinski definition) is 3. The van der Waals surface area contributed by atoms with Gasteiger partial charge in [-0.05, 0) is 11.6 Å². The summed E-state index contributed by atoms with van der Waals surface area (Å²) in [6.45, 7) is 0.526. The van der Waals surface area contributed by atoms with Crippen LogP contribution in [0.3, 0.4) is 0 Å². The van der Waals surface area contributed by atoms with E-state index in [1.807, 2.05) is 18.3 Å². The second-order valence-corrected chi connectivity index (χ2v) is 2.30. The van der Waals surface area contributed by atoms with E-state index in [4.69, 9.17) is 5.73 Å². The lowest BCUT2D eigenvalue weighted by molar-refractivity contribution is 0.850. The Morgan fingerprint density at radius 2 is 2.45 bits per heavy atom. The summed E-state index contributed by atoms with van der Waals surface area (Å²) >= 11 is 0. The highest BCUT2D eigenvalue weighted by atomic mass is 15.4. The van der Waals surface area contributed by atoms with E-state index < -0.39 is 0 Å². The van der Waals surface area contributed by atoms with Crippen molar-refractivity contribution in [2.24, 2.45) is 5.73 Å². The molecule has 0 bridgehead atoms. The van der Waals surface area contributed by atoms with Crippen molar-refractivity contribution in [3.63, 3.8) is 0 Å². The highest BCUT2D eigenvalue weighted by molar-refractivity contribution is 5.51. The van der Waals surface area contributed by atoms with Crippen LogP contribution in [0.2, 0.25) is 0 Å². The number of pyridine rings is 1. The van der Waals surface area contributed by atoms with Crippen LogP contribution >= 0.6 is 0 Å². The van der Waals surface area contributed by atoms with Crippen molar-refractivity contribution in [3.8, 4) is 0 Å². The Morgan fingerprint density at radius 1 is 1.55 bits per heavy atom. The maximum atomic E-state index is 5.51. The molecule has 0 aromatic carbocycles. The average molecular weight is 148 g/mol. The lowest BCUT2D eigenvalue weighted by Gasteiger charge is -1.96. The molecule has 0 fully saturated rings. The molecule has 2 aromatic rings. The second-order valence-electron chi connectivity index (χ2n) is 2.30. The first kappa shape index (κ1) is 6.30. The Morgan fingerprint density at radius 3 is 3.27 bits per heavy atom. The van der Waals surface area contributed by atoms with Crippen molar-refractivity contribution in [2.45, 2.75) is 6.54 Å². The molecule has 0 aliphatic carbocycles. The third-order valence-electron chi connectivity index (χ3n) is 1.65. The zero-order chi connectivity index (χ0) is 7.68. The molecule has 0 aliphatic heterocycles. The summed E-state index contributed by atoms with van der Waals surface area (Å²) in [4.78, 5) is 0. The van der Waals surface area contributed by atoms with Crippen molar-refractivity contribution in [1.29, 1.82) is 0 Å². The molecule has 0 aliphatic rings. The van der Waals surface area contributed by atoms with Crippen LogP contribution in [0.1, 0.15) is 5.56 Å². The topological polar surface area (TPSA) is 56.2 Å². The van der Waals surface area contributed by atoms with Gasteiger partial charge in [-0.2, -0.15) is 0 Å². The van der Waals surface area contributed by atoms with E-state index in [-0.39, 0.29) is 0 Å². The number of hydrogen-bond donors (Lipinski definition) is 1. The summed E-state index contributed by atoms with van der Waals surface area (Å²) in [6, 6.07) is 3.88. The van der Waals surface area contributed by atoms with Gasteiger partial charge in [-0.1, -0.05) is 11.3 Å². The maximum absolute atomic E-state index is 5.51. The number of rotatable bonds is 1. The Bertz CT molecular complexity index is 365. The third-order valence-corrected chi connectivity index (χ3v) is 1.65. The molecular formula is C7H8N4. The van der Waals surface area contributed by atoms with Crippen molar-refractivity contribution < 1.29 is 0 Å². The molecular weight excluding hydrogens is 140 g/mol. The standard InChI is InChI=1S/C7H8N4/c8-4-6-2-1-3-11-7(6)5-9-10-11/h1-3,5H,4,8H2. The van der Waals surface area contributed by atoms with Crippen molar-refractivity contribution in [1.82, 2.24) is 14.8 Å². The van der Waals surface area contributed by atoms with Crippen LogP contribution in [0.5, 0.6) is 0 Å². The molecule has 0 amide bonds. The predicted molar refractivity (Wildman–Crippen MR) is 40.9 cm³/mol. The SMILES string of the molecule is NCc1cccn2nncc12. The van der Waals surface area contributed by atoms with Gasteiger partial charge in [0.1, 0.15) is 0 Å². The Labute approximate surface area is 63.6 Å². The van der Waals surface area contributed by atoms with Gasteiger partial charge in [0, 0.05) is 12.7 Å². The van der Waals surface area contributed by atoms with E-state index in [2.05, 4.69) is 10.3 Å². The normalized spacial score (nSPS) is 10.6. The fourth-order valence-corrected chi connectivity index (χ4v) is 1.08. The summed E-state index contributed by atoms with van der Waals surface area (Å²) in [5.74, 6) is 0. The summed E-state index contributed by atoms with van der Waals surface area (Å²) in [5, 5.41) is 7.61. The zero-order valence-electron chi connectivity index (χ0n) is 5.94. The van der Waals surface area contributed by atoms with Crippen molar-refractivity contribution >= 4 is 5.52 Å². The van der Waals surface area contributed by atoms with Crippen LogP contribution in [-0.2, 0) is 6.54 Å². The first-order valence-electron chi connectivity index (χ1n) is 3.40. The molecule has 0 atom stereocenters. The summed E-state index contributed by atoms with van der Waals surface area (Å²) in [5.41, 5.74) is 7.55. The van der Waals surface area contributed by atoms with E-state index in [1.165, 1.54) is 0 Å². The monoisotopic (exact) mass is 148 g/mol. The molecule has 0 spiro atoms. The van der Waals surface area contributed by atoms with Gasteiger partial charge in [0.05, 0.1) is 11.7 Å². The fourth-order valence-electron chi connectivity index (χ4n) is 1.08. The van der Waals surface area contributed by atoms with Gasteiger partial charge < -0.3 is 5.73 Å².